The topological polar surface area (TPSA) is 74.7 Å². The van der Waals surface area contributed by atoms with E-state index in [0.717, 1.165) is 15.6 Å². The molecule has 0 aliphatic heterocycles. The minimum absolute atomic E-state index is 0.0754. The highest BCUT2D eigenvalue weighted by Crippen LogP contribution is 2.35. The number of hydrogen-bond acceptors (Lipinski definition) is 4. The normalized spacial score (nSPS) is 13.7. The maximum absolute atomic E-state index is 12.4. The number of carbonyl (C=O) groups is 1. The summed E-state index contributed by atoms with van der Waals surface area (Å²) < 4.78 is 26.1. The monoisotopic (exact) mass is 345 g/mol. The summed E-state index contributed by atoms with van der Waals surface area (Å²) in [5.41, 5.74) is 0. The van der Waals surface area contributed by atoms with Gasteiger partial charge >= 0.3 is 5.97 Å². The molecule has 1 heterocycles. The summed E-state index contributed by atoms with van der Waals surface area (Å²) in [6.07, 6.45) is 0. The van der Waals surface area contributed by atoms with Gasteiger partial charge in [0.25, 0.3) is 0 Å². The van der Waals surface area contributed by atoms with Crippen LogP contribution in [0.1, 0.15) is 13.8 Å². The number of halogens is 2. The van der Waals surface area contributed by atoms with E-state index < -0.39 is 21.9 Å². The van der Waals surface area contributed by atoms with E-state index in [9.17, 15) is 13.2 Å². The minimum atomic E-state index is -3.83. The van der Waals surface area contributed by atoms with E-state index in [0.29, 0.717) is 0 Å². The molecule has 0 aromatic carbocycles. The predicted octanol–water partition coefficient (Wildman–Crippen LogP) is 2.79. The van der Waals surface area contributed by atoms with Crippen molar-refractivity contribution in [2.24, 2.45) is 5.92 Å². The highest BCUT2D eigenvalue weighted by Gasteiger charge is 2.30. The van der Waals surface area contributed by atoms with Crippen LogP contribution in [0.15, 0.2) is 11.0 Å². The van der Waals surface area contributed by atoms with Crippen LogP contribution in [0, 0.1) is 5.92 Å². The lowest BCUT2D eigenvalue weighted by molar-refractivity contribution is -0.141. The molecule has 1 atom stereocenters. The van der Waals surface area contributed by atoms with E-state index in [-0.39, 0.29) is 26.7 Å². The van der Waals surface area contributed by atoms with Crippen LogP contribution in [0.5, 0.6) is 0 Å². The lowest BCUT2D eigenvalue weighted by Crippen LogP contribution is -2.36. The molecule has 108 valence electrons. The van der Waals surface area contributed by atoms with E-state index >= 15 is 0 Å². The van der Waals surface area contributed by atoms with Crippen LogP contribution in [0.25, 0.3) is 0 Å². The van der Waals surface area contributed by atoms with Crippen molar-refractivity contribution in [1.82, 2.24) is 4.31 Å². The maximum Gasteiger partial charge on any atom is 0.307 e. The molecule has 0 radical (unpaired) electrons. The predicted molar refractivity (Wildman–Crippen MR) is 75.6 cm³/mol. The van der Waals surface area contributed by atoms with E-state index in [4.69, 9.17) is 28.3 Å². The summed E-state index contributed by atoms with van der Waals surface area (Å²) in [6.45, 7) is 3.12. The summed E-state index contributed by atoms with van der Waals surface area (Å²) in [7, 11) is -3.83. The highest BCUT2D eigenvalue weighted by molar-refractivity contribution is 7.89. The van der Waals surface area contributed by atoms with Gasteiger partial charge in [-0.15, -0.1) is 11.3 Å². The number of carboxylic acids is 1. The summed E-state index contributed by atoms with van der Waals surface area (Å²) in [5, 5.41) is 8.85. The van der Waals surface area contributed by atoms with Crippen molar-refractivity contribution >= 4 is 50.5 Å². The number of sulfonamides is 1. The first-order valence-electron chi connectivity index (χ1n) is 5.38. The van der Waals surface area contributed by atoms with Gasteiger partial charge < -0.3 is 5.11 Å². The number of hydrogen-bond donors (Lipinski definition) is 1. The Balaban J connectivity index is 3.09. The van der Waals surface area contributed by atoms with Crippen LogP contribution >= 0.6 is 34.5 Å². The molecule has 1 aromatic rings. The van der Waals surface area contributed by atoms with Gasteiger partial charge in [-0.3, -0.25) is 4.79 Å². The van der Waals surface area contributed by atoms with Crippen LogP contribution in [0.3, 0.4) is 0 Å². The zero-order valence-corrected chi connectivity index (χ0v) is 13.4. The van der Waals surface area contributed by atoms with E-state index in [1.54, 1.807) is 6.92 Å². The van der Waals surface area contributed by atoms with Gasteiger partial charge in [-0.25, -0.2) is 8.42 Å². The average molecular weight is 346 g/mol. The van der Waals surface area contributed by atoms with Gasteiger partial charge in [0.2, 0.25) is 10.0 Å². The van der Waals surface area contributed by atoms with Crippen molar-refractivity contribution in [3.8, 4) is 0 Å². The molecular formula is C10H13Cl2NO4S2. The third-order valence-corrected chi connectivity index (χ3v) is 6.19. The Morgan fingerprint density at radius 2 is 2.11 bits per heavy atom. The molecule has 0 amide bonds. The lowest BCUT2D eigenvalue weighted by atomic mass is 10.2. The smallest absolute Gasteiger partial charge is 0.307 e. The van der Waals surface area contributed by atoms with Gasteiger partial charge in [0.1, 0.15) is 9.23 Å². The first-order chi connectivity index (χ1) is 8.70. The van der Waals surface area contributed by atoms with Crippen LogP contribution in [0.4, 0.5) is 0 Å². The third kappa shape index (κ3) is 3.82. The van der Waals surface area contributed by atoms with Crippen LogP contribution in [-0.2, 0) is 14.8 Å². The van der Waals surface area contributed by atoms with Crippen LogP contribution in [-0.4, -0.2) is 36.9 Å². The molecular weight excluding hydrogens is 333 g/mol. The van der Waals surface area contributed by atoms with Gasteiger partial charge in [0, 0.05) is 13.1 Å². The van der Waals surface area contributed by atoms with Crippen LogP contribution in [0.2, 0.25) is 8.67 Å². The number of thiophene rings is 1. The zero-order valence-electron chi connectivity index (χ0n) is 10.3. The largest absolute Gasteiger partial charge is 0.481 e. The minimum Gasteiger partial charge on any atom is -0.481 e. The Labute approximate surface area is 125 Å². The Hall–Kier alpha value is -0.340. The molecule has 9 heteroatoms. The SMILES string of the molecule is CCN(CC(C)C(=O)O)S(=O)(=O)c1cc(Cl)sc1Cl. The molecule has 1 aromatic heterocycles. The van der Waals surface area contributed by atoms with E-state index in [1.165, 1.54) is 13.0 Å². The van der Waals surface area contributed by atoms with Gasteiger partial charge in [-0.1, -0.05) is 37.0 Å². The number of aliphatic carboxylic acids is 1. The average Bonchev–Trinajstić information content (AvgIpc) is 2.65. The van der Waals surface area contributed by atoms with Gasteiger partial charge in [-0.2, -0.15) is 4.31 Å². The second-order valence-corrected chi connectivity index (χ2v) is 8.08. The molecule has 1 rings (SSSR count). The summed E-state index contributed by atoms with van der Waals surface area (Å²) in [5.74, 6) is -1.86. The van der Waals surface area contributed by atoms with Gasteiger partial charge in [0.15, 0.2) is 0 Å². The van der Waals surface area contributed by atoms with Crippen molar-refractivity contribution in [3.05, 3.63) is 14.7 Å². The summed E-state index contributed by atoms with van der Waals surface area (Å²) in [4.78, 5) is 10.7. The first kappa shape index (κ1) is 16.7. The quantitative estimate of drug-likeness (QED) is 0.859. The van der Waals surface area contributed by atoms with Crippen molar-refractivity contribution in [3.63, 3.8) is 0 Å². The molecule has 0 aliphatic carbocycles. The maximum atomic E-state index is 12.4. The fraction of sp³-hybridized carbons (Fsp3) is 0.500. The molecule has 0 saturated heterocycles. The fourth-order valence-electron chi connectivity index (χ4n) is 1.42. The molecule has 19 heavy (non-hydrogen) atoms. The van der Waals surface area contributed by atoms with Crippen molar-refractivity contribution in [1.29, 1.82) is 0 Å². The number of rotatable bonds is 6. The molecule has 0 aliphatic rings. The van der Waals surface area contributed by atoms with E-state index in [2.05, 4.69) is 0 Å². The first-order valence-corrected chi connectivity index (χ1v) is 8.39. The lowest BCUT2D eigenvalue weighted by Gasteiger charge is -2.21. The summed E-state index contributed by atoms with van der Waals surface area (Å²) in [6, 6.07) is 1.28. The number of nitrogens with zero attached hydrogens (tertiary/aromatic N) is 1. The molecule has 5 nitrogen and oxygen atoms in total. The molecule has 0 bridgehead atoms. The Morgan fingerprint density at radius 1 is 1.53 bits per heavy atom. The van der Waals surface area contributed by atoms with E-state index in [1.807, 2.05) is 0 Å². The molecule has 0 spiro atoms. The highest BCUT2D eigenvalue weighted by atomic mass is 35.5. The standard InChI is InChI=1S/C10H13Cl2NO4S2/c1-3-13(5-6(2)10(14)15)19(16,17)7-4-8(11)18-9(7)12/h4,6H,3,5H2,1-2H3,(H,14,15). The Kier molecular flexibility index (Phi) is 5.64. The zero-order chi connectivity index (χ0) is 14.8. The summed E-state index contributed by atoms with van der Waals surface area (Å²) >= 11 is 12.5. The second-order valence-electron chi connectivity index (χ2n) is 3.88. The Bertz CT molecular complexity index is 570. The third-order valence-electron chi connectivity index (χ3n) is 2.50. The fourth-order valence-corrected chi connectivity index (χ4v) is 5.07. The molecule has 1 unspecified atom stereocenters. The number of carboxylic acid groups (broad SMARTS) is 1. The molecule has 0 fully saturated rings. The second kappa shape index (κ2) is 6.41. The van der Waals surface area contributed by atoms with Gasteiger partial charge in [-0.05, 0) is 6.07 Å². The van der Waals surface area contributed by atoms with Crippen molar-refractivity contribution < 1.29 is 18.3 Å². The molecule has 1 N–H and O–H groups in total. The van der Waals surface area contributed by atoms with Gasteiger partial charge in [0.05, 0.1) is 10.3 Å². The van der Waals surface area contributed by atoms with Crippen LogP contribution < -0.4 is 0 Å². The Morgan fingerprint density at radius 3 is 2.47 bits per heavy atom. The van der Waals surface area contributed by atoms with Crippen molar-refractivity contribution in [2.45, 2.75) is 18.7 Å². The van der Waals surface area contributed by atoms with Crippen molar-refractivity contribution in [2.75, 3.05) is 13.1 Å². The molecule has 0 saturated carbocycles.